The summed E-state index contributed by atoms with van der Waals surface area (Å²) in [6.07, 6.45) is 2.37. The predicted molar refractivity (Wildman–Crippen MR) is 79.1 cm³/mol. The van der Waals surface area contributed by atoms with Crippen molar-refractivity contribution in [2.75, 3.05) is 6.61 Å². The molecule has 1 heterocycles. The zero-order valence-electron chi connectivity index (χ0n) is 12.3. The van der Waals surface area contributed by atoms with Gasteiger partial charge in [0.1, 0.15) is 12.0 Å². The summed E-state index contributed by atoms with van der Waals surface area (Å²) >= 11 is 0. The molecular formula is C16H20N2O3. The normalized spacial score (nSPS) is 10.6. The van der Waals surface area contributed by atoms with Crippen molar-refractivity contribution in [1.29, 1.82) is 0 Å². The summed E-state index contributed by atoms with van der Waals surface area (Å²) in [5, 5.41) is 6.40. The third-order valence-electron chi connectivity index (χ3n) is 3.04. The standard InChI is InChI=1S/C16H20N2O3/c1-12(2)7-9-20-15-6-4-3-5-13(15)11-17-16(19)14-8-10-21-18-14/h3-6,8,10,12H,7,9,11H2,1-2H3,(H,17,19). The fraction of sp³-hybridized carbons (Fsp3) is 0.375. The molecule has 2 rings (SSSR count). The number of nitrogens with one attached hydrogen (secondary N) is 1. The van der Waals surface area contributed by atoms with Crippen LogP contribution in [0.5, 0.6) is 5.75 Å². The molecule has 2 aromatic rings. The average molecular weight is 288 g/mol. The van der Waals surface area contributed by atoms with Gasteiger partial charge in [0.05, 0.1) is 6.61 Å². The Labute approximate surface area is 124 Å². The van der Waals surface area contributed by atoms with Crippen molar-refractivity contribution in [3.8, 4) is 5.75 Å². The molecule has 0 spiro atoms. The van der Waals surface area contributed by atoms with Crippen molar-refractivity contribution in [3.05, 3.63) is 47.9 Å². The molecule has 0 saturated heterocycles. The Hall–Kier alpha value is -2.30. The van der Waals surface area contributed by atoms with E-state index in [0.29, 0.717) is 19.1 Å². The highest BCUT2D eigenvalue weighted by atomic mass is 16.5. The highest BCUT2D eigenvalue weighted by Gasteiger charge is 2.10. The Bertz CT molecular complexity index is 565. The van der Waals surface area contributed by atoms with Crippen LogP contribution in [0.1, 0.15) is 36.3 Å². The molecule has 0 bridgehead atoms. The molecule has 0 fully saturated rings. The molecule has 0 radical (unpaired) electrons. The number of rotatable bonds is 7. The van der Waals surface area contributed by atoms with Crippen LogP contribution in [0, 0.1) is 5.92 Å². The van der Waals surface area contributed by atoms with Gasteiger partial charge in [-0.25, -0.2) is 0 Å². The second kappa shape index (κ2) is 7.47. The first-order chi connectivity index (χ1) is 10.2. The van der Waals surface area contributed by atoms with Crippen molar-refractivity contribution in [3.63, 3.8) is 0 Å². The maximum absolute atomic E-state index is 11.8. The van der Waals surface area contributed by atoms with Crippen LogP contribution < -0.4 is 10.1 Å². The van der Waals surface area contributed by atoms with Gasteiger partial charge >= 0.3 is 0 Å². The molecule has 0 aliphatic heterocycles. The van der Waals surface area contributed by atoms with Crippen molar-refractivity contribution >= 4 is 5.91 Å². The molecule has 1 aromatic heterocycles. The van der Waals surface area contributed by atoms with Crippen LogP contribution in [0.15, 0.2) is 41.1 Å². The van der Waals surface area contributed by atoms with Crippen LogP contribution in [0.4, 0.5) is 0 Å². The van der Waals surface area contributed by atoms with Crippen molar-refractivity contribution in [2.24, 2.45) is 5.92 Å². The maximum atomic E-state index is 11.8. The number of benzene rings is 1. The molecule has 1 N–H and O–H groups in total. The molecule has 0 aliphatic rings. The molecule has 5 nitrogen and oxygen atoms in total. The Kier molecular flexibility index (Phi) is 5.37. The van der Waals surface area contributed by atoms with Crippen molar-refractivity contribution < 1.29 is 14.1 Å². The topological polar surface area (TPSA) is 64.4 Å². The third kappa shape index (κ3) is 4.63. The lowest BCUT2D eigenvalue weighted by Gasteiger charge is -2.12. The summed E-state index contributed by atoms with van der Waals surface area (Å²) in [4.78, 5) is 11.8. The summed E-state index contributed by atoms with van der Waals surface area (Å²) in [5.74, 6) is 1.14. The largest absolute Gasteiger partial charge is 0.493 e. The van der Waals surface area contributed by atoms with E-state index in [2.05, 4.69) is 28.8 Å². The van der Waals surface area contributed by atoms with E-state index in [1.807, 2.05) is 24.3 Å². The molecule has 1 amide bonds. The number of carbonyl (C=O) groups is 1. The van der Waals surface area contributed by atoms with Crippen LogP contribution in [0.3, 0.4) is 0 Å². The lowest BCUT2D eigenvalue weighted by atomic mass is 10.1. The molecule has 1 aromatic carbocycles. The van der Waals surface area contributed by atoms with Gasteiger partial charge in [-0.05, 0) is 18.4 Å². The fourth-order valence-electron chi connectivity index (χ4n) is 1.79. The van der Waals surface area contributed by atoms with Crippen molar-refractivity contribution in [1.82, 2.24) is 10.5 Å². The highest BCUT2D eigenvalue weighted by Crippen LogP contribution is 2.18. The smallest absolute Gasteiger partial charge is 0.273 e. The number of carbonyl (C=O) groups excluding carboxylic acids is 1. The quantitative estimate of drug-likeness (QED) is 0.850. The summed E-state index contributed by atoms with van der Waals surface area (Å²) in [6.45, 7) is 5.39. The van der Waals surface area contributed by atoms with E-state index in [9.17, 15) is 4.79 Å². The zero-order chi connectivity index (χ0) is 15.1. The van der Waals surface area contributed by atoms with Gasteiger partial charge in [-0.3, -0.25) is 4.79 Å². The van der Waals surface area contributed by atoms with Crippen LogP contribution in [-0.4, -0.2) is 17.7 Å². The Morgan fingerprint density at radius 1 is 1.33 bits per heavy atom. The Balaban J connectivity index is 1.92. The van der Waals surface area contributed by atoms with E-state index in [1.54, 1.807) is 0 Å². The number of hydrogen-bond acceptors (Lipinski definition) is 4. The first-order valence-electron chi connectivity index (χ1n) is 7.06. The van der Waals surface area contributed by atoms with Crippen LogP contribution in [0.25, 0.3) is 0 Å². The SMILES string of the molecule is CC(C)CCOc1ccccc1CNC(=O)c1ccon1. The van der Waals surface area contributed by atoms with Crippen LogP contribution in [-0.2, 0) is 6.54 Å². The van der Waals surface area contributed by atoms with E-state index in [0.717, 1.165) is 17.7 Å². The minimum Gasteiger partial charge on any atom is -0.493 e. The Morgan fingerprint density at radius 2 is 2.14 bits per heavy atom. The summed E-state index contributed by atoms with van der Waals surface area (Å²) in [6, 6.07) is 9.23. The summed E-state index contributed by atoms with van der Waals surface area (Å²) in [5.41, 5.74) is 1.21. The second-order valence-corrected chi connectivity index (χ2v) is 5.21. The molecule has 21 heavy (non-hydrogen) atoms. The van der Waals surface area contributed by atoms with Crippen molar-refractivity contribution in [2.45, 2.75) is 26.8 Å². The maximum Gasteiger partial charge on any atom is 0.273 e. The van der Waals surface area contributed by atoms with Gasteiger partial charge in [-0.1, -0.05) is 37.2 Å². The lowest BCUT2D eigenvalue weighted by Crippen LogP contribution is -2.23. The molecule has 0 atom stereocenters. The number of nitrogens with zero attached hydrogens (tertiary/aromatic N) is 1. The Morgan fingerprint density at radius 3 is 2.86 bits per heavy atom. The lowest BCUT2D eigenvalue weighted by molar-refractivity contribution is 0.0941. The molecular weight excluding hydrogens is 268 g/mol. The number of aromatic nitrogens is 1. The first-order valence-corrected chi connectivity index (χ1v) is 7.06. The molecule has 0 saturated carbocycles. The van der Waals surface area contributed by atoms with E-state index < -0.39 is 0 Å². The first kappa shape index (κ1) is 15.1. The average Bonchev–Trinajstić information content (AvgIpc) is 3.00. The van der Waals surface area contributed by atoms with Gasteiger partial charge in [0.25, 0.3) is 5.91 Å². The van der Waals surface area contributed by atoms with E-state index in [-0.39, 0.29) is 11.6 Å². The van der Waals surface area contributed by atoms with Crippen LogP contribution in [0.2, 0.25) is 0 Å². The minimum atomic E-state index is -0.263. The van der Waals surface area contributed by atoms with E-state index in [1.165, 1.54) is 12.3 Å². The second-order valence-electron chi connectivity index (χ2n) is 5.21. The number of para-hydroxylation sites is 1. The number of ether oxygens (including phenoxy) is 1. The molecule has 0 aliphatic carbocycles. The fourth-order valence-corrected chi connectivity index (χ4v) is 1.79. The van der Waals surface area contributed by atoms with Crippen LogP contribution >= 0.6 is 0 Å². The summed E-state index contributed by atoms with van der Waals surface area (Å²) < 4.78 is 10.4. The highest BCUT2D eigenvalue weighted by molar-refractivity contribution is 5.91. The van der Waals surface area contributed by atoms with Gasteiger partial charge in [-0.2, -0.15) is 0 Å². The van der Waals surface area contributed by atoms with Gasteiger partial charge in [0.2, 0.25) is 0 Å². The number of hydrogen-bond donors (Lipinski definition) is 1. The predicted octanol–water partition coefficient (Wildman–Crippen LogP) is 3.03. The van der Waals surface area contributed by atoms with Gasteiger partial charge in [0.15, 0.2) is 5.69 Å². The van der Waals surface area contributed by atoms with E-state index >= 15 is 0 Å². The van der Waals surface area contributed by atoms with Gasteiger partial charge in [0, 0.05) is 18.2 Å². The third-order valence-corrected chi connectivity index (χ3v) is 3.04. The zero-order valence-corrected chi connectivity index (χ0v) is 12.3. The summed E-state index contributed by atoms with van der Waals surface area (Å²) in [7, 11) is 0. The number of amides is 1. The molecule has 0 unspecified atom stereocenters. The monoisotopic (exact) mass is 288 g/mol. The van der Waals surface area contributed by atoms with Gasteiger partial charge < -0.3 is 14.6 Å². The molecule has 5 heteroatoms. The molecule has 112 valence electrons. The van der Waals surface area contributed by atoms with E-state index in [4.69, 9.17) is 4.74 Å². The van der Waals surface area contributed by atoms with Gasteiger partial charge in [-0.15, -0.1) is 0 Å². The minimum absolute atomic E-state index is 0.263.